The van der Waals surface area contributed by atoms with Gasteiger partial charge in [0.2, 0.25) is 11.7 Å². The number of nitrogens with one attached hydrogen (secondary N) is 2. The van der Waals surface area contributed by atoms with Crippen LogP contribution in [0.5, 0.6) is 5.75 Å². The van der Waals surface area contributed by atoms with Crippen molar-refractivity contribution in [2.75, 3.05) is 17.9 Å². The largest absolute Gasteiger partial charge is 0.497 e. The first-order valence-corrected chi connectivity index (χ1v) is 10.5. The van der Waals surface area contributed by atoms with E-state index in [-0.39, 0.29) is 42.3 Å². The molecule has 3 rings (SSSR count). The maximum absolute atomic E-state index is 12.5. The van der Waals surface area contributed by atoms with Crippen LogP contribution in [-0.4, -0.2) is 34.4 Å². The number of anilines is 2. The van der Waals surface area contributed by atoms with Crippen molar-refractivity contribution >= 4 is 40.2 Å². The van der Waals surface area contributed by atoms with E-state index >= 15 is 0 Å². The Morgan fingerprint density at radius 1 is 1.03 bits per heavy atom. The van der Waals surface area contributed by atoms with E-state index in [1.807, 2.05) is 0 Å². The van der Waals surface area contributed by atoms with Crippen molar-refractivity contribution in [3.8, 4) is 5.75 Å². The molecule has 13 heteroatoms. The minimum Gasteiger partial charge on any atom is -0.497 e. The van der Waals surface area contributed by atoms with Crippen molar-refractivity contribution in [2.24, 2.45) is 5.10 Å². The predicted molar refractivity (Wildman–Crippen MR) is 129 cm³/mol. The molecule has 0 radical (unpaired) electrons. The van der Waals surface area contributed by atoms with E-state index in [9.17, 15) is 29.8 Å². The second-order valence-electron chi connectivity index (χ2n) is 7.36. The highest BCUT2D eigenvalue weighted by molar-refractivity contribution is 6.09. The Morgan fingerprint density at radius 3 is 2.39 bits per heavy atom. The van der Waals surface area contributed by atoms with Crippen molar-refractivity contribution in [2.45, 2.75) is 19.3 Å². The lowest BCUT2D eigenvalue weighted by Gasteiger charge is -2.09. The molecular formula is C23H21N5O8. The quantitative estimate of drug-likeness (QED) is 0.157. The minimum atomic E-state index is -0.791. The molecule has 0 aliphatic carbocycles. The maximum atomic E-state index is 12.5. The zero-order valence-electron chi connectivity index (χ0n) is 19.0. The van der Waals surface area contributed by atoms with E-state index in [4.69, 9.17) is 9.15 Å². The summed E-state index contributed by atoms with van der Waals surface area (Å²) in [6, 6.07) is 12.8. The number of ketones is 1. The average molecular weight is 495 g/mol. The molecular weight excluding hydrogens is 474 g/mol. The van der Waals surface area contributed by atoms with E-state index in [1.165, 1.54) is 19.4 Å². The standard InChI is InChI=1S/C23H21N5O8/c1-35-18-8-4-15(5-9-18)24-23(30)11-6-16(13-21(29)22-3-2-12-36-22)25-26-19-10-7-17(27(31)32)14-20(19)28(33)34/h2-5,7-10,12,14,26H,6,11,13H2,1H3,(H,24,30). The van der Waals surface area contributed by atoms with E-state index in [0.717, 1.165) is 18.2 Å². The number of furan rings is 1. The fourth-order valence-electron chi connectivity index (χ4n) is 3.07. The second kappa shape index (κ2) is 11.9. The Hall–Kier alpha value is -5.07. The number of ether oxygens (including phenoxy) is 1. The fraction of sp³-hybridized carbons (Fsp3) is 0.174. The van der Waals surface area contributed by atoms with Crippen molar-refractivity contribution in [1.82, 2.24) is 0 Å². The van der Waals surface area contributed by atoms with Crippen LogP contribution in [0.15, 0.2) is 70.4 Å². The first-order chi connectivity index (χ1) is 17.3. The van der Waals surface area contributed by atoms with Gasteiger partial charge in [0, 0.05) is 23.9 Å². The Kier molecular flexibility index (Phi) is 8.43. The maximum Gasteiger partial charge on any atom is 0.301 e. The number of non-ortho nitro benzene ring substituents is 1. The molecule has 36 heavy (non-hydrogen) atoms. The summed E-state index contributed by atoms with van der Waals surface area (Å²) in [7, 11) is 1.53. The Bertz CT molecular complexity index is 1290. The predicted octanol–water partition coefficient (Wildman–Crippen LogP) is 4.56. The summed E-state index contributed by atoms with van der Waals surface area (Å²) >= 11 is 0. The molecule has 0 spiro atoms. The molecule has 0 aliphatic heterocycles. The molecule has 3 aromatic rings. The number of hydrogen-bond acceptors (Lipinski definition) is 10. The number of carbonyl (C=O) groups is 2. The minimum absolute atomic E-state index is 0.0413. The van der Waals surface area contributed by atoms with E-state index in [1.54, 1.807) is 30.3 Å². The van der Waals surface area contributed by atoms with Crippen LogP contribution in [0.4, 0.5) is 22.7 Å². The summed E-state index contributed by atoms with van der Waals surface area (Å²) < 4.78 is 10.2. The number of nitrogens with zero attached hydrogens (tertiary/aromatic N) is 3. The number of rotatable bonds is 12. The summed E-state index contributed by atoms with van der Waals surface area (Å²) in [6.45, 7) is 0. The summed E-state index contributed by atoms with van der Waals surface area (Å²) in [6.07, 6.45) is 1.12. The van der Waals surface area contributed by atoms with Gasteiger partial charge in [0.25, 0.3) is 5.69 Å². The van der Waals surface area contributed by atoms with Gasteiger partial charge in [-0.2, -0.15) is 5.10 Å². The van der Waals surface area contributed by atoms with Crippen LogP contribution >= 0.6 is 0 Å². The Labute approximate surface area is 204 Å². The SMILES string of the molecule is COc1ccc(NC(=O)CCC(CC(=O)c2ccco2)=NNc2ccc([N+](=O)[O-])cc2[N+](=O)[O-])cc1. The average Bonchev–Trinajstić information content (AvgIpc) is 3.41. The number of nitro groups is 2. The lowest BCUT2D eigenvalue weighted by Crippen LogP contribution is -2.16. The number of nitro benzene ring substituents is 2. The van der Waals surface area contributed by atoms with Crippen LogP contribution in [-0.2, 0) is 4.79 Å². The number of hydrogen-bond donors (Lipinski definition) is 2. The Balaban J connectivity index is 1.75. The lowest BCUT2D eigenvalue weighted by atomic mass is 10.1. The van der Waals surface area contributed by atoms with Crippen molar-refractivity contribution in [3.63, 3.8) is 0 Å². The molecule has 0 saturated carbocycles. The lowest BCUT2D eigenvalue weighted by molar-refractivity contribution is -0.393. The van der Waals surface area contributed by atoms with Crippen LogP contribution in [0.1, 0.15) is 29.8 Å². The molecule has 186 valence electrons. The third kappa shape index (κ3) is 6.96. The van der Waals surface area contributed by atoms with E-state index < -0.39 is 27.0 Å². The smallest absolute Gasteiger partial charge is 0.301 e. The van der Waals surface area contributed by atoms with Gasteiger partial charge in [-0.3, -0.25) is 35.2 Å². The highest BCUT2D eigenvalue weighted by Gasteiger charge is 2.20. The molecule has 1 aromatic heterocycles. The molecule has 0 fully saturated rings. The molecule has 0 saturated heterocycles. The van der Waals surface area contributed by atoms with E-state index in [0.29, 0.717) is 11.4 Å². The highest BCUT2D eigenvalue weighted by atomic mass is 16.6. The number of amides is 1. The molecule has 2 aromatic carbocycles. The third-order valence-electron chi connectivity index (χ3n) is 4.90. The van der Waals surface area contributed by atoms with Gasteiger partial charge in [-0.15, -0.1) is 0 Å². The molecule has 1 amide bonds. The number of methoxy groups -OCH3 is 1. The number of hydrazone groups is 1. The molecule has 0 aliphatic rings. The zero-order valence-corrected chi connectivity index (χ0v) is 19.0. The van der Waals surface area contributed by atoms with Crippen LogP contribution in [0.2, 0.25) is 0 Å². The number of carbonyl (C=O) groups excluding carboxylic acids is 2. The van der Waals surface area contributed by atoms with Crippen molar-refractivity contribution in [3.05, 3.63) is 86.8 Å². The van der Waals surface area contributed by atoms with Gasteiger partial charge in [0.05, 0.1) is 35.7 Å². The van der Waals surface area contributed by atoms with Crippen molar-refractivity contribution < 1.29 is 28.6 Å². The van der Waals surface area contributed by atoms with Gasteiger partial charge in [-0.05, 0) is 48.9 Å². The zero-order chi connectivity index (χ0) is 26.1. The summed E-state index contributed by atoms with van der Waals surface area (Å²) in [4.78, 5) is 45.7. The molecule has 2 N–H and O–H groups in total. The van der Waals surface area contributed by atoms with Crippen LogP contribution in [0.3, 0.4) is 0 Å². The first-order valence-electron chi connectivity index (χ1n) is 10.5. The highest BCUT2D eigenvalue weighted by Crippen LogP contribution is 2.29. The molecule has 0 unspecified atom stereocenters. The topological polar surface area (TPSA) is 179 Å². The van der Waals surface area contributed by atoms with Crippen LogP contribution in [0, 0.1) is 20.2 Å². The normalized spacial score (nSPS) is 11.0. The summed E-state index contributed by atoms with van der Waals surface area (Å²) in [5, 5.41) is 29.1. The monoisotopic (exact) mass is 495 g/mol. The van der Waals surface area contributed by atoms with Gasteiger partial charge in [0.15, 0.2) is 5.76 Å². The van der Waals surface area contributed by atoms with E-state index in [2.05, 4.69) is 15.8 Å². The van der Waals surface area contributed by atoms with Gasteiger partial charge in [0.1, 0.15) is 11.4 Å². The number of benzene rings is 2. The van der Waals surface area contributed by atoms with Crippen LogP contribution < -0.4 is 15.5 Å². The van der Waals surface area contributed by atoms with Gasteiger partial charge in [-0.1, -0.05) is 0 Å². The summed E-state index contributed by atoms with van der Waals surface area (Å²) in [5.74, 6) is -0.0362. The van der Waals surface area contributed by atoms with Gasteiger partial charge in [-0.25, -0.2) is 0 Å². The molecule has 13 nitrogen and oxygen atoms in total. The fourth-order valence-corrected chi connectivity index (χ4v) is 3.07. The first kappa shape index (κ1) is 25.6. The third-order valence-corrected chi connectivity index (χ3v) is 4.90. The molecule has 1 heterocycles. The van der Waals surface area contributed by atoms with Crippen molar-refractivity contribution in [1.29, 1.82) is 0 Å². The van der Waals surface area contributed by atoms with Gasteiger partial charge >= 0.3 is 5.69 Å². The Morgan fingerprint density at radius 2 is 1.78 bits per heavy atom. The van der Waals surface area contributed by atoms with Crippen LogP contribution in [0.25, 0.3) is 0 Å². The summed E-state index contributed by atoms with van der Waals surface area (Å²) in [5.41, 5.74) is 2.12. The molecule has 0 atom stereocenters. The number of Topliss-reactive ketones (excluding diaryl/α,β-unsaturated/α-hetero) is 1. The molecule has 0 bridgehead atoms. The van der Waals surface area contributed by atoms with Gasteiger partial charge < -0.3 is 14.5 Å². The second-order valence-corrected chi connectivity index (χ2v) is 7.36.